The zero-order valence-electron chi connectivity index (χ0n) is 12.2. The van der Waals surface area contributed by atoms with E-state index in [4.69, 9.17) is 4.74 Å². The van der Waals surface area contributed by atoms with E-state index < -0.39 is 6.09 Å². The van der Waals surface area contributed by atoms with Gasteiger partial charge < -0.3 is 19.9 Å². The average Bonchev–Trinajstić information content (AvgIpc) is 2.54. The summed E-state index contributed by atoms with van der Waals surface area (Å²) in [6.07, 6.45) is -0.484. The van der Waals surface area contributed by atoms with Crippen LogP contribution in [0, 0.1) is 0 Å². The van der Waals surface area contributed by atoms with Crippen LogP contribution in [0.1, 0.15) is 5.56 Å². The zero-order valence-corrected chi connectivity index (χ0v) is 12.2. The Balaban J connectivity index is 1.75. The molecule has 0 bridgehead atoms. The predicted molar refractivity (Wildman–Crippen MR) is 78.7 cm³/mol. The maximum Gasteiger partial charge on any atom is 0.410 e. The van der Waals surface area contributed by atoms with Crippen molar-refractivity contribution in [1.82, 2.24) is 15.1 Å². The van der Waals surface area contributed by atoms with E-state index in [9.17, 15) is 9.59 Å². The number of benzene rings is 1. The first-order valence-corrected chi connectivity index (χ1v) is 7.07. The molecular weight excluding hydrogens is 270 g/mol. The van der Waals surface area contributed by atoms with Gasteiger partial charge in [-0.1, -0.05) is 30.3 Å². The lowest BCUT2D eigenvalue weighted by molar-refractivity contribution is -0.132. The molecule has 1 aliphatic heterocycles. The van der Waals surface area contributed by atoms with Crippen LogP contribution in [-0.2, 0) is 16.1 Å². The monoisotopic (exact) mass is 291 g/mol. The van der Waals surface area contributed by atoms with E-state index in [1.54, 1.807) is 11.9 Å². The smallest absolute Gasteiger partial charge is 0.410 e. The highest BCUT2D eigenvalue weighted by Crippen LogP contribution is 2.03. The predicted octanol–water partition coefficient (Wildman–Crippen LogP) is 0.687. The van der Waals surface area contributed by atoms with Gasteiger partial charge in [-0.25, -0.2) is 4.79 Å². The largest absolute Gasteiger partial charge is 0.445 e. The van der Waals surface area contributed by atoms with Crippen LogP contribution in [-0.4, -0.2) is 61.6 Å². The first-order valence-electron chi connectivity index (χ1n) is 7.07. The van der Waals surface area contributed by atoms with Crippen LogP contribution in [0.25, 0.3) is 0 Å². The Labute approximate surface area is 124 Å². The molecule has 0 atom stereocenters. The number of nitrogens with zero attached hydrogens (tertiary/aromatic N) is 2. The molecular formula is C15H21N3O3. The van der Waals surface area contributed by atoms with Gasteiger partial charge in [-0.15, -0.1) is 0 Å². The summed E-state index contributed by atoms with van der Waals surface area (Å²) in [5.41, 5.74) is 0.924. The van der Waals surface area contributed by atoms with E-state index in [1.165, 1.54) is 4.90 Å². The number of nitrogens with one attached hydrogen (secondary N) is 1. The number of hydrogen-bond acceptors (Lipinski definition) is 4. The van der Waals surface area contributed by atoms with Gasteiger partial charge in [0.15, 0.2) is 0 Å². The molecule has 2 rings (SSSR count). The second kappa shape index (κ2) is 7.64. The lowest BCUT2D eigenvalue weighted by Crippen LogP contribution is -2.49. The third kappa shape index (κ3) is 4.75. The molecule has 6 nitrogen and oxygen atoms in total. The third-order valence-corrected chi connectivity index (χ3v) is 3.36. The Morgan fingerprint density at radius 1 is 1.24 bits per heavy atom. The Hall–Kier alpha value is -2.08. The molecule has 1 aliphatic rings. The summed E-state index contributed by atoms with van der Waals surface area (Å²) < 4.78 is 5.18. The standard InChI is InChI=1S/C15H21N3O3/c1-17(11-14(19)18-9-7-16-8-10-18)15(20)21-12-13-5-3-2-4-6-13/h2-6,16H,7-12H2,1H3. The molecule has 0 unspecified atom stereocenters. The summed E-state index contributed by atoms with van der Waals surface area (Å²) in [6.45, 7) is 3.23. The van der Waals surface area contributed by atoms with E-state index >= 15 is 0 Å². The Morgan fingerprint density at radius 2 is 1.90 bits per heavy atom. The van der Waals surface area contributed by atoms with Crippen molar-refractivity contribution in [3.8, 4) is 0 Å². The molecule has 0 aromatic heterocycles. The SMILES string of the molecule is CN(CC(=O)N1CCNCC1)C(=O)OCc1ccccc1. The maximum absolute atomic E-state index is 12.0. The average molecular weight is 291 g/mol. The van der Waals surface area contributed by atoms with Gasteiger partial charge in [0.1, 0.15) is 13.2 Å². The topological polar surface area (TPSA) is 61.9 Å². The number of carbonyl (C=O) groups is 2. The molecule has 1 aromatic rings. The molecule has 1 fully saturated rings. The van der Waals surface area contributed by atoms with Crippen LogP contribution >= 0.6 is 0 Å². The molecule has 6 heteroatoms. The van der Waals surface area contributed by atoms with E-state index in [0.717, 1.165) is 18.7 Å². The molecule has 114 valence electrons. The normalized spacial score (nSPS) is 14.6. The highest BCUT2D eigenvalue weighted by atomic mass is 16.6. The molecule has 0 aliphatic carbocycles. The number of piperazine rings is 1. The van der Waals surface area contributed by atoms with Crippen LogP contribution in [0.2, 0.25) is 0 Å². The van der Waals surface area contributed by atoms with E-state index in [-0.39, 0.29) is 19.1 Å². The molecule has 21 heavy (non-hydrogen) atoms. The van der Waals surface area contributed by atoms with Crippen molar-refractivity contribution in [2.45, 2.75) is 6.61 Å². The number of likely N-dealkylation sites (N-methyl/N-ethyl adjacent to an activating group) is 1. The second-order valence-electron chi connectivity index (χ2n) is 5.03. The maximum atomic E-state index is 12.0. The molecule has 1 aromatic carbocycles. The summed E-state index contributed by atoms with van der Waals surface area (Å²) in [7, 11) is 1.58. The van der Waals surface area contributed by atoms with Crippen molar-refractivity contribution in [3.05, 3.63) is 35.9 Å². The Morgan fingerprint density at radius 3 is 2.57 bits per heavy atom. The van der Waals surface area contributed by atoms with E-state index in [1.807, 2.05) is 30.3 Å². The van der Waals surface area contributed by atoms with Crippen LogP contribution in [0.5, 0.6) is 0 Å². The molecule has 2 amide bonds. The number of hydrogen-bond donors (Lipinski definition) is 1. The van der Waals surface area contributed by atoms with Crippen molar-refractivity contribution in [1.29, 1.82) is 0 Å². The van der Waals surface area contributed by atoms with Gasteiger partial charge in [0.25, 0.3) is 0 Å². The van der Waals surface area contributed by atoms with Gasteiger partial charge >= 0.3 is 6.09 Å². The fourth-order valence-electron chi connectivity index (χ4n) is 2.11. The Bertz CT molecular complexity index is 472. The highest BCUT2D eigenvalue weighted by Gasteiger charge is 2.20. The van der Waals surface area contributed by atoms with Gasteiger partial charge in [0.2, 0.25) is 5.91 Å². The van der Waals surface area contributed by atoms with Gasteiger partial charge in [-0.2, -0.15) is 0 Å². The van der Waals surface area contributed by atoms with Crippen molar-refractivity contribution in [3.63, 3.8) is 0 Å². The summed E-state index contributed by atoms with van der Waals surface area (Å²) in [4.78, 5) is 27.0. The van der Waals surface area contributed by atoms with Crippen LogP contribution in [0.4, 0.5) is 4.79 Å². The lowest BCUT2D eigenvalue weighted by atomic mass is 10.2. The van der Waals surface area contributed by atoms with Crippen molar-refractivity contribution >= 4 is 12.0 Å². The van der Waals surface area contributed by atoms with Crippen molar-refractivity contribution in [2.75, 3.05) is 39.8 Å². The highest BCUT2D eigenvalue weighted by molar-refractivity contribution is 5.82. The van der Waals surface area contributed by atoms with Gasteiger partial charge in [-0.3, -0.25) is 4.79 Å². The lowest BCUT2D eigenvalue weighted by Gasteiger charge is -2.29. The van der Waals surface area contributed by atoms with E-state index in [2.05, 4.69) is 5.32 Å². The number of carbonyl (C=O) groups excluding carboxylic acids is 2. The van der Waals surface area contributed by atoms with Crippen molar-refractivity contribution in [2.24, 2.45) is 0 Å². The molecule has 1 heterocycles. The molecule has 0 radical (unpaired) electrons. The summed E-state index contributed by atoms with van der Waals surface area (Å²) >= 11 is 0. The number of rotatable bonds is 4. The third-order valence-electron chi connectivity index (χ3n) is 3.36. The minimum Gasteiger partial charge on any atom is -0.445 e. The summed E-state index contributed by atoms with van der Waals surface area (Å²) in [6, 6.07) is 9.46. The first kappa shape index (κ1) is 15.3. The minimum atomic E-state index is -0.484. The van der Waals surface area contributed by atoms with Gasteiger partial charge in [-0.05, 0) is 5.56 Å². The van der Waals surface area contributed by atoms with Crippen LogP contribution in [0.15, 0.2) is 30.3 Å². The fourth-order valence-corrected chi connectivity index (χ4v) is 2.11. The fraction of sp³-hybridized carbons (Fsp3) is 0.467. The zero-order chi connectivity index (χ0) is 15.1. The minimum absolute atomic E-state index is 0.0457. The second-order valence-corrected chi connectivity index (χ2v) is 5.03. The summed E-state index contributed by atoms with van der Waals surface area (Å²) in [5.74, 6) is -0.0457. The first-order chi connectivity index (χ1) is 10.2. The van der Waals surface area contributed by atoms with Crippen LogP contribution < -0.4 is 5.32 Å². The number of amides is 2. The quantitative estimate of drug-likeness (QED) is 0.886. The van der Waals surface area contributed by atoms with Gasteiger partial charge in [0, 0.05) is 33.2 Å². The van der Waals surface area contributed by atoms with E-state index in [0.29, 0.717) is 13.1 Å². The van der Waals surface area contributed by atoms with Gasteiger partial charge in [0.05, 0.1) is 0 Å². The summed E-state index contributed by atoms with van der Waals surface area (Å²) in [5, 5.41) is 3.19. The molecule has 0 saturated carbocycles. The molecule has 1 N–H and O–H groups in total. The number of ether oxygens (including phenoxy) is 1. The van der Waals surface area contributed by atoms with Crippen molar-refractivity contribution < 1.29 is 14.3 Å². The van der Waals surface area contributed by atoms with Crippen LogP contribution in [0.3, 0.4) is 0 Å². The Kier molecular flexibility index (Phi) is 5.57. The molecule has 1 saturated heterocycles. The molecule has 0 spiro atoms.